The molecule has 0 bridgehead atoms. The van der Waals surface area contributed by atoms with Crippen molar-refractivity contribution in [1.82, 2.24) is 0 Å². The van der Waals surface area contributed by atoms with Gasteiger partial charge in [-0.25, -0.2) is 0 Å². The Kier molecular flexibility index (Phi) is 7.22. The van der Waals surface area contributed by atoms with Crippen molar-refractivity contribution in [3.63, 3.8) is 0 Å². The molecule has 3 heteroatoms. The van der Waals surface area contributed by atoms with E-state index in [-0.39, 0.29) is 11.9 Å². The molecule has 0 saturated heterocycles. The first-order valence-corrected chi connectivity index (χ1v) is 5.69. The molecule has 0 atom stereocenters. The molecule has 0 fully saturated rings. The van der Waals surface area contributed by atoms with Crippen LogP contribution in [0.1, 0.15) is 30.5 Å². The number of aryl methyl sites for hydroxylation is 1. The first kappa shape index (κ1) is 15.7. The highest BCUT2D eigenvalue weighted by molar-refractivity contribution is 5.71. The lowest BCUT2D eigenvalue weighted by Gasteiger charge is -2.10. The van der Waals surface area contributed by atoms with Gasteiger partial charge >= 0.3 is 5.97 Å². The second-order valence-electron chi connectivity index (χ2n) is 4.12. The lowest BCUT2D eigenvalue weighted by atomic mass is 10.0. The third-order valence-electron chi connectivity index (χ3n) is 2.56. The maximum Gasteiger partial charge on any atom is 0.308 e. The van der Waals surface area contributed by atoms with Crippen LogP contribution < -0.4 is 0 Å². The molecule has 0 spiro atoms. The summed E-state index contributed by atoms with van der Waals surface area (Å²) in [5.74, 6) is -0.203. The fourth-order valence-corrected chi connectivity index (χ4v) is 1.28. The molecule has 1 N–H and O–H groups in total. The summed E-state index contributed by atoms with van der Waals surface area (Å²) in [7, 11) is 1.00. The Morgan fingerprint density at radius 3 is 2.41 bits per heavy atom. The lowest BCUT2D eigenvalue weighted by Crippen LogP contribution is -2.11. The lowest BCUT2D eigenvalue weighted by molar-refractivity contribution is -0.148. The van der Waals surface area contributed by atoms with Gasteiger partial charge in [-0.2, -0.15) is 0 Å². The van der Waals surface area contributed by atoms with Crippen molar-refractivity contribution in [3.05, 3.63) is 34.9 Å². The van der Waals surface area contributed by atoms with Crippen molar-refractivity contribution in [2.45, 2.75) is 34.3 Å². The number of hydrogen-bond acceptors (Lipinski definition) is 3. The van der Waals surface area contributed by atoms with Crippen molar-refractivity contribution in [2.24, 2.45) is 5.92 Å². The van der Waals surface area contributed by atoms with Crippen LogP contribution in [0.2, 0.25) is 0 Å². The largest absolute Gasteiger partial charge is 0.461 e. The number of aliphatic hydroxyl groups is 1. The topological polar surface area (TPSA) is 46.5 Å². The molecule has 0 unspecified atom stereocenters. The van der Waals surface area contributed by atoms with Gasteiger partial charge in [-0.3, -0.25) is 4.79 Å². The van der Waals surface area contributed by atoms with Gasteiger partial charge in [-0.15, -0.1) is 0 Å². The van der Waals surface area contributed by atoms with Gasteiger partial charge in [0.25, 0.3) is 0 Å². The Bertz CT molecular complexity index is 356. The molecule has 0 aliphatic rings. The quantitative estimate of drug-likeness (QED) is 0.823. The third-order valence-corrected chi connectivity index (χ3v) is 2.56. The Hall–Kier alpha value is -1.35. The summed E-state index contributed by atoms with van der Waals surface area (Å²) in [4.78, 5) is 11.3. The van der Waals surface area contributed by atoms with E-state index in [1.807, 2.05) is 32.9 Å². The van der Waals surface area contributed by atoms with E-state index in [0.29, 0.717) is 6.61 Å². The van der Waals surface area contributed by atoms with Crippen LogP contribution in [0.5, 0.6) is 0 Å². The zero-order valence-electron chi connectivity index (χ0n) is 11.3. The van der Waals surface area contributed by atoms with Gasteiger partial charge in [-0.1, -0.05) is 32.0 Å². The number of aliphatic hydroxyl groups excluding tert-OH is 1. The fraction of sp³-hybridized carbons (Fsp3) is 0.500. The van der Waals surface area contributed by atoms with E-state index >= 15 is 0 Å². The Labute approximate surface area is 103 Å². The second-order valence-corrected chi connectivity index (χ2v) is 4.12. The number of ether oxygens (including phenoxy) is 1. The van der Waals surface area contributed by atoms with E-state index in [1.165, 1.54) is 11.1 Å². The molecule has 0 aliphatic carbocycles. The van der Waals surface area contributed by atoms with Crippen LogP contribution in [-0.4, -0.2) is 18.2 Å². The zero-order chi connectivity index (χ0) is 13.4. The summed E-state index contributed by atoms with van der Waals surface area (Å²) >= 11 is 0. The van der Waals surface area contributed by atoms with Crippen molar-refractivity contribution in [1.29, 1.82) is 0 Å². The standard InChI is InChI=1S/C13H18O2.CH4O/c1-9(2)13(14)15-8-12-7-5-6-10(3)11(12)4;1-2/h5-7,9H,8H2,1-4H3;2H,1H3. The minimum absolute atomic E-state index is 0.0601. The molecule has 1 rings (SSSR count). The van der Waals surface area contributed by atoms with E-state index < -0.39 is 0 Å². The van der Waals surface area contributed by atoms with Gasteiger partial charge in [0.05, 0.1) is 5.92 Å². The Balaban J connectivity index is 0.00000121. The summed E-state index contributed by atoms with van der Waals surface area (Å²) in [6.45, 7) is 8.17. The van der Waals surface area contributed by atoms with Gasteiger partial charge in [-0.05, 0) is 30.5 Å². The molecule has 17 heavy (non-hydrogen) atoms. The van der Waals surface area contributed by atoms with Crippen LogP contribution in [0.25, 0.3) is 0 Å². The van der Waals surface area contributed by atoms with Gasteiger partial charge in [0.2, 0.25) is 0 Å². The molecule has 0 saturated carbocycles. The minimum Gasteiger partial charge on any atom is -0.461 e. The van der Waals surface area contributed by atoms with E-state index in [9.17, 15) is 4.79 Å². The number of carbonyl (C=O) groups is 1. The highest BCUT2D eigenvalue weighted by Crippen LogP contribution is 2.14. The zero-order valence-corrected chi connectivity index (χ0v) is 11.3. The Morgan fingerprint density at radius 2 is 1.88 bits per heavy atom. The highest BCUT2D eigenvalue weighted by atomic mass is 16.5. The second kappa shape index (κ2) is 7.85. The smallest absolute Gasteiger partial charge is 0.308 e. The summed E-state index contributed by atoms with van der Waals surface area (Å²) in [5, 5.41) is 7.00. The summed E-state index contributed by atoms with van der Waals surface area (Å²) in [6, 6.07) is 6.04. The van der Waals surface area contributed by atoms with Gasteiger partial charge < -0.3 is 9.84 Å². The molecule has 96 valence electrons. The SMILES string of the molecule is CO.Cc1cccc(COC(=O)C(C)C)c1C. The van der Waals surface area contributed by atoms with Gasteiger partial charge in [0, 0.05) is 7.11 Å². The monoisotopic (exact) mass is 238 g/mol. The molecule has 0 aliphatic heterocycles. The van der Waals surface area contributed by atoms with Crippen molar-refractivity contribution < 1.29 is 14.6 Å². The first-order chi connectivity index (χ1) is 8.02. The van der Waals surface area contributed by atoms with Crippen LogP contribution in [-0.2, 0) is 16.1 Å². The summed E-state index contributed by atoms with van der Waals surface area (Å²) in [5.41, 5.74) is 3.52. The fourth-order valence-electron chi connectivity index (χ4n) is 1.28. The van der Waals surface area contributed by atoms with E-state index in [2.05, 4.69) is 13.0 Å². The maximum absolute atomic E-state index is 11.3. The highest BCUT2D eigenvalue weighted by Gasteiger charge is 2.09. The number of carbonyl (C=O) groups excluding carboxylic acids is 1. The van der Waals surface area contributed by atoms with E-state index in [4.69, 9.17) is 9.84 Å². The maximum atomic E-state index is 11.3. The average molecular weight is 238 g/mol. The van der Waals surface area contributed by atoms with Crippen LogP contribution in [0, 0.1) is 19.8 Å². The van der Waals surface area contributed by atoms with Crippen molar-refractivity contribution in [2.75, 3.05) is 7.11 Å². The van der Waals surface area contributed by atoms with Crippen molar-refractivity contribution >= 4 is 5.97 Å². The van der Waals surface area contributed by atoms with Crippen LogP contribution in [0.4, 0.5) is 0 Å². The predicted molar refractivity (Wildman–Crippen MR) is 68.7 cm³/mol. The molecule has 1 aromatic carbocycles. The summed E-state index contributed by atoms with van der Waals surface area (Å²) in [6.07, 6.45) is 0. The minimum atomic E-state index is -0.143. The summed E-state index contributed by atoms with van der Waals surface area (Å²) < 4.78 is 5.19. The molecule has 0 amide bonds. The van der Waals surface area contributed by atoms with Crippen LogP contribution in [0.15, 0.2) is 18.2 Å². The average Bonchev–Trinajstić information content (AvgIpc) is 2.33. The molecule has 1 aromatic rings. The van der Waals surface area contributed by atoms with E-state index in [0.717, 1.165) is 12.7 Å². The molecular weight excluding hydrogens is 216 g/mol. The number of esters is 1. The molecule has 0 aromatic heterocycles. The van der Waals surface area contributed by atoms with Gasteiger partial charge in [0.15, 0.2) is 0 Å². The molecule has 3 nitrogen and oxygen atoms in total. The Morgan fingerprint density at radius 1 is 1.29 bits per heavy atom. The van der Waals surface area contributed by atoms with Crippen molar-refractivity contribution in [3.8, 4) is 0 Å². The third kappa shape index (κ3) is 5.00. The molecular formula is C14H22O3. The molecule has 0 radical (unpaired) electrons. The van der Waals surface area contributed by atoms with E-state index in [1.54, 1.807) is 0 Å². The number of benzene rings is 1. The first-order valence-electron chi connectivity index (χ1n) is 5.69. The van der Waals surface area contributed by atoms with Crippen LogP contribution in [0.3, 0.4) is 0 Å². The number of rotatable bonds is 3. The predicted octanol–water partition coefficient (Wildman–Crippen LogP) is 2.61. The molecule has 0 heterocycles. The normalized spacial score (nSPS) is 9.59. The number of hydrogen-bond donors (Lipinski definition) is 1. The van der Waals surface area contributed by atoms with Gasteiger partial charge in [0.1, 0.15) is 6.61 Å². The van der Waals surface area contributed by atoms with Crippen LogP contribution >= 0.6 is 0 Å².